The number of carbonyl (C=O) groups is 1. The highest BCUT2D eigenvalue weighted by Crippen LogP contribution is 2.27. The first-order chi connectivity index (χ1) is 7.38. The number of alkyl halides is 3. The Kier molecular flexibility index (Phi) is 4.77. The van der Waals surface area contributed by atoms with Crippen molar-refractivity contribution < 1.29 is 18.0 Å². The van der Waals surface area contributed by atoms with Crippen molar-refractivity contribution in [1.82, 2.24) is 0 Å². The Morgan fingerprint density at radius 1 is 1.19 bits per heavy atom. The topological polar surface area (TPSA) is 43.1 Å². The fourth-order valence-corrected chi connectivity index (χ4v) is 2.11. The normalized spacial score (nSPS) is 26.8. The number of rotatable bonds is 4. The van der Waals surface area contributed by atoms with Crippen LogP contribution in [0.5, 0.6) is 0 Å². The molecule has 94 valence electrons. The molecule has 1 saturated carbocycles. The first-order valence-corrected chi connectivity index (χ1v) is 5.73. The maximum absolute atomic E-state index is 11.9. The van der Waals surface area contributed by atoms with E-state index < -0.39 is 12.6 Å². The summed E-state index contributed by atoms with van der Waals surface area (Å²) >= 11 is 0. The van der Waals surface area contributed by atoms with Gasteiger partial charge in [0.15, 0.2) is 0 Å². The van der Waals surface area contributed by atoms with Gasteiger partial charge in [-0.1, -0.05) is 0 Å². The molecule has 2 N–H and O–H groups in total. The van der Waals surface area contributed by atoms with Crippen LogP contribution in [0.2, 0.25) is 0 Å². The van der Waals surface area contributed by atoms with E-state index in [0.717, 1.165) is 25.7 Å². The lowest BCUT2D eigenvalue weighted by molar-refractivity contribution is -0.137. The summed E-state index contributed by atoms with van der Waals surface area (Å²) in [5.41, 5.74) is 5.69. The minimum atomic E-state index is -4.14. The van der Waals surface area contributed by atoms with Gasteiger partial charge in [0.05, 0.1) is 0 Å². The Bertz CT molecular complexity index is 232. The smallest absolute Gasteiger partial charge is 0.328 e. The fourth-order valence-electron chi connectivity index (χ4n) is 2.11. The third-order valence-electron chi connectivity index (χ3n) is 3.11. The molecule has 0 aromatic heterocycles. The van der Waals surface area contributed by atoms with Crippen LogP contribution in [0.1, 0.15) is 44.9 Å². The standard InChI is InChI=1S/C11H18F3NO/c12-11(13,14)7-1-2-10(16)8-3-5-9(15)6-4-8/h8-9H,1-7,15H2. The quantitative estimate of drug-likeness (QED) is 0.817. The molecule has 0 atom stereocenters. The molecule has 1 aliphatic rings. The zero-order valence-corrected chi connectivity index (χ0v) is 9.22. The molecule has 0 aromatic rings. The van der Waals surface area contributed by atoms with Gasteiger partial charge in [0, 0.05) is 24.8 Å². The number of ketones is 1. The largest absolute Gasteiger partial charge is 0.389 e. The van der Waals surface area contributed by atoms with Gasteiger partial charge >= 0.3 is 6.18 Å². The van der Waals surface area contributed by atoms with Gasteiger partial charge in [-0.2, -0.15) is 13.2 Å². The molecular formula is C11H18F3NO. The van der Waals surface area contributed by atoms with Gasteiger partial charge in [0.2, 0.25) is 0 Å². The van der Waals surface area contributed by atoms with Crippen molar-refractivity contribution in [3.05, 3.63) is 0 Å². The molecule has 2 nitrogen and oxygen atoms in total. The molecule has 0 aliphatic heterocycles. The molecule has 5 heteroatoms. The molecule has 0 heterocycles. The minimum Gasteiger partial charge on any atom is -0.328 e. The highest BCUT2D eigenvalue weighted by atomic mass is 19.4. The molecule has 16 heavy (non-hydrogen) atoms. The van der Waals surface area contributed by atoms with E-state index in [4.69, 9.17) is 5.73 Å². The maximum atomic E-state index is 11.9. The third-order valence-corrected chi connectivity index (χ3v) is 3.11. The summed E-state index contributed by atoms with van der Waals surface area (Å²) in [5.74, 6) is -0.0656. The second-order valence-corrected chi connectivity index (χ2v) is 4.55. The average Bonchev–Trinajstić information content (AvgIpc) is 2.16. The van der Waals surface area contributed by atoms with Gasteiger partial charge in [-0.05, 0) is 32.1 Å². The summed E-state index contributed by atoms with van der Waals surface area (Å²) in [7, 11) is 0. The van der Waals surface area contributed by atoms with Crippen LogP contribution in [0.4, 0.5) is 13.2 Å². The Morgan fingerprint density at radius 2 is 1.75 bits per heavy atom. The van der Waals surface area contributed by atoms with E-state index in [0.29, 0.717) is 0 Å². The molecule has 0 bridgehead atoms. The fraction of sp³-hybridized carbons (Fsp3) is 0.909. The molecular weight excluding hydrogens is 219 g/mol. The van der Waals surface area contributed by atoms with E-state index in [1.807, 2.05) is 0 Å². The van der Waals surface area contributed by atoms with E-state index in [1.54, 1.807) is 0 Å². The van der Waals surface area contributed by atoms with Gasteiger partial charge in [-0.3, -0.25) is 4.79 Å². The van der Waals surface area contributed by atoms with Crippen molar-refractivity contribution in [2.75, 3.05) is 0 Å². The molecule has 0 spiro atoms. The van der Waals surface area contributed by atoms with Gasteiger partial charge in [0.25, 0.3) is 0 Å². The summed E-state index contributed by atoms with van der Waals surface area (Å²) in [5, 5.41) is 0. The van der Waals surface area contributed by atoms with Gasteiger partial charge in [-0.15, -0.1) is 0 Å². The summed E-state index contributed by atoms with van der Waals surface area (Å²) in [6.07, 6.45) is -1.91. The minimum absolute atomic E-state index is 0.0175. The molecule has 0 radical (unpaired) electrons. The Labute approximate surface area is 93.4 Å². The molecule has 1 fully saturated rings. The number of Topliss-reactive ketones (excluding diaryl/α,β-unsaturated/α-hetero) is 1. The van der Waals surface area contributed by atoms with Crippen molar-refractivity contribution in [1.29, 1.82) is 0 Å². The summed E-state index contributed by atoms with van der Waals surface area (Å²) in [6, 6.07) is 0.166. The predicted molar refractivity (Wildman–Crippen MR) is 54.8 cm³/mol. The predicted octanol–water partition coefficient (Wildman–Crippen LogP) is 2.81. The zero-order valence-electron chi connectivity index (χ0n) is 9.22. The van der Waals surface area contributed by atoms with Crippen molar-refractivity contribution in [3.63, 3.8) is 0 Å². The average molecular weight is 237 g/mol. The summed E-state index contributed by atoms with van der Waals surface area (Å²) in [6.45, 7) is 0. The van der Waals surface area contributed by atoms with E-state index in [2.05, 4.69) is 0 Å². The van der Waals surface area contributed by atoms with Crippen LogP contribution in [0, 0.1) is 5.92 Å². The second-order valence-electron chi connectivity index (χ2n) is 4.55. The Balaban J connectivity index is 2.20. The van der Waals surface area contributed by atoms with Gasteiger partial charge in [-0.25, -0.2) is 0 Å². The molecule has 0 aromatic carbocycles. The van der Waals surface area contributed by atoms with Crippen LogP contribution in [-0.4, -0.2) is 18.0 Å². The lowest BCUT2D eigenvalue weighted by atomic mass is 9.82. The van der Waals surface area contributed by atoms with Crippen molar-refractivity contribution >= 4 is 5.78 Å². The number of halogens is 3. The second kappa shape index (κ2) is 5.66. The van der Waals surface area contributed by atoms with Crippen LogP contribution in [-0.2, 0) is 4.79 Å². The molecule has 1 aliphatic carbocycles. The van der Waals surface area contributed by atoms with Crippen LogP contribution in [0.15, 0.2) is 0 Å². The molecule has 0 amide bonds. The first kappa shape index (κ1) is 13.5. The SMILES string of the molecule is NC1CCC(C(=O)CCCC(F)(F)F)CC1. The number of hydrogen-bond donors (Lipinski definition) is 1. The van der Waals surface area contributed by atoms with Crippen LogP contribution in [0.3, 0.4) is 0 Å². The van der Waals surface area contributed by atoms with Crippen molar-refractivity contribution in [2.45, 2.75) is 57.2 Å². The highest BCUT2D eigenvalue weighted by molar-refractivity contribution is 5.81. The van der Waals surface area contributed by atoms with E-state index in [-0.39, 0.29) is 30.6 Å². The molecule has 1 rings (SSSR count). The van der Waals surface area contributed by atoms with Crippen LogP contribution < -0.4 is 5.73 Å². The maximum Gasteiger partial charge on any atom is 0.389 e. The van der Waals surface area contributed by atoms with Crippen molar-refractivity contribution in [2.24, 2.45) is 11.7 Å². The number of carbonyl (C=O) groups excluding carboxylic acids is 1. The molecule has 0 unspecified atom stereocenters. The van der Waals surface area contributed by atoms with E-state index >= 15 is 0 Å². The van der Waals surface area contributed by atoms with Gasteiger partial charge < -0.3 is 5.73 Å². The Hall–Kier alpha value is -0.580. The van der Waals surface area contributed by atoms with E-state index in [1.165, 1.54) is 0 Å². The lowest BCUT2D eigenvalue weighted by Gasteiger charge is -2.24. The summed E-state index contributed by atoms with van der Waals surface area (Å²) in [4.78, 5) is 11.6. The van der Waals surface area contributed by atoms with Crippen LogP contribution >= 0.6 is 0 Å². The monoisotopic (exact) mass is 237 g/mol. The number of hydrogen-bond acceptors (Lipinski definition) is 2. The number of nitrogens with two attached hydrogens (primary N) is 1. The summed E-state index contributed by atoms with van der Waals surface area (Å²) < 4.78 is 35.6. The third kappa shape index (κ3) is 4.96. The zero-order chi connectivity index (χ0) is 12.2. The Morgan fingerprint density at radius 3 is 2.25 bits per heavy atom. The van der Waals surface area contributed by atoms with E-state index in [9.17, 15) is 18.0 Å². The highest BCUT2D eigenvalue weighted by Gasteiger charge is 2.28. The molecule has 0 saturated heterocycles. The van der Waals surface area contributed by atoms with Crippen LogP contribution in [0.25, 0.3) is 0 Å². The van der Waals surface area contributed by atoms with Crippen molar-refractivity contribution in [3.8, 4) is 0 Å². The first-order valence-electron chi connectivity index (χ1n) is 5.73. The van der Waals surface area contributed by atoms with Gasteiger partial charge in [0.1, 0.15) is 5.78 Å². The lowest BCUT2D eigenvalue weighted by Crippen LogP contribution is -2.29.